The van der Waals surface area contributed by atoms with Crippen LogP contribution in [0.25, 0.3) is 0 Å². The first-order chi connectivity index (χ1) is 9.39. The van der Waals surface area contributed by atoms with Gasteiger partial charge in [-0.1, -0.05) is 19.9 Å². The number of nitrogens with one attached hydrogen (secondary N) is 1. The van der Waals surface area contributed by atoms with Gasteiger partial charge in [-0.2, -0.15) is 0 Å². The van der Waals surface area contributed by atoms with Crippen LogP contribution in [0.5, 0.6) is 0 Å². The molecule has 0 radical (unpaired) electrons. The minimum Gasteiger partial charge on any atom is -0.308 e. The van der Waals surface area contributed by atoms with Gasteiger partial charge in [0.1, 0.15) is 0 Å². The van der Waals surface area contributed by atoms with Crippen molar-refractivity contribution in [3.05, 3.63) is 28.8 Å². The fourth-order valence-corrected chi connectivity index (χ4v) is 5.22. The van der Waals surface area contributed by atoms with Crippen molar-refractivity contribution in [2.24, 2.45) is 0 Å². The maximum Gasteiger partial charge on any atom is 0.181 e. The highest BCUT2D eigenvalue weighted by atomic mass is 32.2. The van der Waals surface area contributed by atoms with Crippen molar-refractivity contribution in [2.45, 2.75) is 68.7 Å². The average Bonchev–Trinajstić information content (AvgIpc) is 2.81. The van der Waals surface area contributed by atoms with E-state index in [-0.39, 0.29) is 11.3 Å². The van der Waals surface area contributed by atoms with Gasteiger partial charge in [0.15, 0.2) is 9.84 Å². The van der Waals surface area contributed by atoms with E-state index < -0.39 is 9.84 Å². The summed E-state index contributed by atoms with van der Waals surface area (Å²) in [5.74, 6) is 0. The monoisotopic (exact) mass is 293 g/mol. The van der Waals surface area contributed by atoms with E-state index in [9.17, 15) is 8.42 Å². The summed E-state index contributed by atoms with van der Waals surface area (Å²) in [6.45, 7) is 6.06. The molecule has 0 saturated heterocycles. The topological polar surface area (TPSA) is 46.2 Å². The Kier molecular flexibility index (Phi) is 3.41. The van der Waals surface area contributed by atoms with E-state index in [1.807, 2.05) is 13.0 Å². The van der Waals surface area contributed by atoms with E-state index in [4.69, 9.17) is 0 Å². The van der Waals surface area contributed by atoms with Crippen molar-refractivity contribution in [3.63, 3.8) is 0 Å². The summed E-state index contributed by atoms with van der Waals surface area (Å²) in [6.07, 6.45) is 3.93. The molecule has 2 atom stereocenters. The molecule has 20 heavy (non-hydrogen) atoms. The Labute approximate surface area is 121 Å². The molecule has 1 aromatic rings. The fourth-order valence-electron chi connectivity index (χ4n) is 3.50. The minimum atomic E-state index is -3.15. The number of aryl methyl sites for hydroxylation is 2. The average molecular weight is 293 g/mol. The Morgan fingerprint density at radius 3 is 2.50 bits per heavy atom. The number of fused-ring (bicyclic) bond motifs is 2. The Balaban J connectivity index is 2.15. The SMILES string of the molecule is CC(C)NC1CC(C)S(=O)(=O)c2cc3c(cc21)CCC3. The number of sulfone groups is 1. The highest BCUT2D eigenvalue weighted by molar-refractivity contribution is 7.92. The summed E-state index contributed by atoms with van der Waals surface area (Å²) in [4.78, 5) is 0.579. The summed E-state index contributed by atoms with van der Waals surface area (Å²) >= 11 is 0. The largest absolute Gasteiger partial charge is 0.308 e. The molecule has 110 valence electrons. The molecule has 3 nitrogen and oxygen atoms in total. The first-order valence-electron chi connectivity index (χ1n) is 7.55. The van der Waals surface area contributed by atoms with E-state index in [1.54, 1.807) is 0 Å². The van der Waals surface area contributed by atoms with Gasteiger partial charge < -0.3 is 5.32 Å². The van der Waals surface area contributed by atoms with Gasteiger partial charge in [0.25, 0.3) is 0 Å². The second-order valence-corrected chi connectivity index (χ2v) is 8.81. The molecule has 0 fully saturated rings. The molecule has 0 bridgehead atoms. The molecule has 0 amide bonds. The summed E-state index contributed by atoms with van der Waals surface area (Å²) in [5, 5.41) is 3.23. The lowest BCUT2D eigenvalue weighted by molar-refractivity contribution is 0.428. The van der Waals surface area contributed by atoms with Gasteiger partial charge in [-0.3, -0.25) is 0 Å². The van der Waals surface area contributed by atoms with Crippen LogP contribution < -0.4 is 5.32 Å². The fraction of sp³-hybridized carbons (Fsp3) is 0.625. The molecule has 0 spiro atoms. The lowest BCUT2D eigenvalue weighted by Crippen LogP contribution is -2.37. The maximum absolute atomic E-state index is 12.6. The van der Waals surface area contributed by atoms with E-state index >= 15 is 0 Å². The van der Waals surface area contributed by atoms with E-state index in [2.05, 4.69) is 25.2 Å². The molecule has 2 aliphatic rings. The molecule has 1 aromatic carbocycles. The number of hydrogen-bond donors (Lipinski definition) is 1. The summed E-state index contributed by atoms with van der Waals surface area (Å²) in [5.41, 5.74) is 3.59. The molecule has 4 heteroatoms. The maximum atomic E-state index is 12.6. The molecular weight excluding hydrogens is 270 g/mol. The van der Waals surface area contributed by atoms with Crippen molar-refractivity contribution >= 4 is 9.84 Å². The minimum absolute atomic E-state index is 0.162. The predicted molar refractivity (Wildman–Crippen MR) is 80.7 cm³/mol. The molecule has 1 heterocycles. The number of rotatable bonds is 2. The quantitative estimate of drug-likeness (QED) is 0.912. The molecule has 0 saturated carbocycles. The van der Waals surface area contributed by atoms with E-state index in [0.29, 0.717) is 17.4 Å². The van der Waals surface area contributed by atoms with Gasteiger partial charge in [0.05, 0.1) is 10.1 Å². The highest BCUT2D eigenvalue weighted by Gasteiger charge is 2.37. The zero-order valence-electron chi connectivity index (χ0n) is 12.4. The Hall–Kier alpha value is -0.870. The predicted octanol–water partition coefficient (Wildman–Crippen LogP) is 2.78. The van der Waals surface area contributed by atoms with Crippen molar-refractivity contribution in [3.8, 4) is 0 Å². The zero-order valence-corrected chi connectivity index (χ0v) is 13.3. The molecule has 0 aromatic heterocycles. The van der Waals surface area contributed by atoms with E-state index in [0.717, 1.165) is 24.8 Å². The van der Waals surface area contributed by atoms with Gasteiger partial charge in [-0.25, -0.2) is 8.42 Å². The second-order valence-electron chi connectivity index (χ2n) is 6.48. The molecule has 3 rings (SSSR count). The molecule has 1 N–H and O–H groups in total. The Morgan fingerprint density at radius 2 is 1.85 bits per heavy atom. The van der Waals surface area contributed by atoms with Gasteiger partial charge in [-0.15, -0.1) is 0 Å². The van der Waals surface area contributed by atoms with Gasteiger partial charge in [-0.05, 0) is 55.4 Å². The molecule has 1 aliphatic carbocycles. The van der Waals surface area contributed by atoms with Crippen molar-refractivity contribution in [2.75, 3.05) is 0 Å². The third-order valence-electron chi connectivity index (χ3n) is 4.54. The van der Waals surface area contributed by atoms with Crippen LogP contribution in [0.4, 0.5) is 0 Å². The normalized spacial score (nSPS) is 27.4. The van der Waals surface area contributed by atoms with Gasteiger partial charge >= 0.3 is 0 Å². The van der Waals surface area contributed by atoms with Crippen LogP contribution in [0.2, 0.25) is 0 Å². The lowest BCUT2D eigenvalue weighted by Gasteiger charge is -2.32. The standard InChI is InChI=1S/C16H23NO2S/c1-10(2)17-15-7-11(3)20(18,19)16-9-13-6-4-5-12(13)8-14(15)16/h8-11,15,17H,4-7H2,1-3H3. The highest BCUT2D eigenvalue weighted by Crippen LogP contribution is 2.39. The van der Waals surface area contributed by atoms with E-state index in [1.165, 1.54) is 11.1 Å². The van der Waals surface area contributed by atoms with Crippen molar-refractivity contribution in [1.82, 2.24) is 5.32 Å². The third-order valence-corrected chi connectivity index (χ3v) is 6.76. The molecule has 2 unspecified atom stereocenters. The van der Waals surface area contributed by atoms with Crippen molar-refractivity contribution in [1.29, 1.82) is 0 Å². The van der Waals surface area contributed by atoms with Crippen LogP contribution in [0.3, 0.4) is 0 Å². The van der Waals surface area contributed by atoms with Gasteiger partial charge in [0.2, 0.25) is 0 Å². The number of hydrogen-bond acceptors (Lipinski definition) is 3. The zero-order chi connectivity index (χ0) is 14.5. The van der Waals surface area contributed by atoms with Crippen LogP contribution in [-0.4, -0.2) is 19.7 Å². The van der Waals surface area contributed by atoms with Gasteiger partial charge in [0, 0.05) is 12.1 Å². The van der Waals surface area contributed by atoms with Crippen LogP contribution >= 0.6 is 0 Å². The Morgan fingerprint density at radius 1 is 1.20 bits per heavy atom. The Bertz CT molecular complexity index is 634. The lowest BCUT2D eigenvalue weighted by atomic mass is 9.96. The first-order valence-corrected chi connectivity index (χ1v) is 9.10. The van der Waals surface area contributed by atoms with Crippen LogP contribution in [0.1, 0.15) is 56.3 Å². The van der Waals surface area contributed by atoms with Crippen LogP contribution in [0.15, 0.2) is 17.0 Å². The van der Waals surface area contributed by atoms with Crippen LogP contribution in [-0.2, 0) is 22.7 Å². The second kappa shape index (κ2) is 4.85. The van der Waals surface area contributed by atoms with Crippen molar-refractivity contribution < 1.29 is 8.42 Å². The summed E-state index contributed by atoms with van der Waals surface area (Å²) < 4.78 is 25.2. The third kappa shape index (κ3) is 2.19. The molecular formula is C16H23NO2S. The summed E-state index contributed by atoms with van der Waals surface area (Å²) in [7, 11) is -3.15. The summed E-state index contributed by atoms with van der Waals surface area (Å²) in [6, 6.07) is 4.63. The first kappa shape index (κ1) is 14.1. The molecule has 1 aliphatic heterocycles. The van der Waals surface area contributed by atoms with Crippen LogP contribution in [0, 0.1) is 0 Å². The smallest absolute Gasteiger partial charge is 0.181 e. The number of benzene rings is 1.